The number of ether oxygens (including phenoxy) is 1. The summed E-state index contributed by atoms with van der Waals surface area (Å²) in [5.74, 6) is -15.0. The van der Waals surface area contributed by atoms with E-state index in [0.29, 0.717) is 18.4 Å². The van der Waals surface area contributed by atoms with Crippen molar-refractivity contribution in [3.8, 4) is 5.75 Å². The number of fused-ring (bicyclic) bond motifs is 2. The molecule has 37 nitrogen and oxygen atoms in total. The third kappa shape index (κ3) is 31.7. The van der Waals surface area contributed by atoms with Crippen LogP contribution in [-0.4, -0.2) is 282 Å². The Morgan fingerprint density at radius 3 is 1.69 bits per heavy atom. The first-order chi connectivity index (χ1) is 51.5. The number of halogens is 1. The number of phenolic OH excluding ortho intramolecular Hbond substituents is 1. The van der Waals surface area contributed by atoms with Crippen LogP contribution in [0.15, 0.2) is 29.3 Å². The molecule has 622 valence electrons. The van der Waals surface area contributed by atoms with E-state index in [2.05, 4.69) is 65.1 Å². The van der Waals surface area contributed by atoms with Gasteiger partial charge in [-0.05, 0) is 96.8 Å². The number of aliphatic imine (C=N–C) groups is 1. The number of amides is 12. The molecule has 0 bridgehead atoms. The summed E-state index contributed by atoms with van der Waals surface area (Å²) < 4.78 is 6.00. The van der Waals surface area contributed by atoms with Gasteiger partial charge in [-0.3, -0.25) is 67.4 Å². The Morgan fingerprint density at radius 1 is 0.600 bits per heavy atom. The Balaban J connectivity index is 0.0000314. The Labute approximate surface area is 647 Å². The molecule has 4 rings (SSSR count). The molecule has 5 unspecified atom stereocenters. The summed E-state index contributed by atoms with van der Waals surface area (Å²) in [5, 5.41) is 112. The van der Waals surface area contributed by atoms with Crippen molar-refractivity contribution in [3.63, 3.8) is 0 Å². The van der Waals surface area contributed by atoms with Crippen LogP contribution in [-0.2, 0) is 73.5 Å². The van der Waals surface area contributed by atoms with Crippen molar-refractivity contribution in [2.45, 2.75) is 293 Å². The van der Waals surface area contributed by atoms with Crippen LogP contribution in [0.3, 0.4) is 0 Å². The van der Waals surface area contributed by atoms with Crippen molar-refractivity contribution in [2.24, 2.45) is 22.4 Å². The van der Waals surface area contributed by atoms with Crippen molar-refractivity contribution in [2.75, 3.05) is 32.7 Å². The van der Waals surface area contributed by atoms with Crippen molar-refractivity contribution in [1.29, 1.82) is 0 Å². The van der Waals surface area contributed by atoms with Gasteiger partial charge in [0, 0.05) is 38.6 Å². The molecule has 0 saturated carbocycles. The van der Waals surface area contributed by atoms with Crippen LogP contribution in [0.5, 0.6) is 5.75 Å². The van der Waals surface area contributed by atoms with Crippen LogP contribution in [0, 0.1) is 5.92 Å². The molecule has 3 saturated heterocycles. The quantitative estimate of drug-likeness (QED) is 0.0180. The summed E-state index contributed by atoms with van der Waals surface area (Å²) in [6, 6.07) is -12.6. The average Bonchev–Trinajstić information content (AvgIpc) is 1.62. The molecule has 3 heterocycles. The van der Waals surface area contributed by atoms with Crippen molar-refractivity contribution in [1.82, 2.24) is 63.0 Å². The number of aliphatic hydroxyl groups is 7. The van der Waals surface area contributed by atoms with Crippen LogP contribution in [0.2, 0.25) is 0 Å². The minimum Gasteiger partial charge on any atom is -0.508 e. The van der Waals surface area contributed by atoms with E-state index < -0.39 is 224 Å². The molecule has 0 radical (unpaired) electrons. The molecule has 0 aromatic heterocycles. The van der Waals surface area contributed by atoms with Gasteiger partial charge in [0.1, 0.15) is 66.2 Å². The van der Waals surface area contributed by atoms with Crippen LogP contribution < -0.4 is 64.6 Å². The van der Waals surface area contributed by atoms with Gasteiger partial charge in [0.25, 0.3) is 0 Å². The number of nitrogens with two attached hydrogens (primary N) is 2. The van der Waals surface area contributed by atoms with Crippen molar-refractivity contribution < 1.29 is 108 Å². The second-order valence-electron chi connectivity index (χ2n) is 29.0. The maximum atomic E-state index is 14.6. The first-order valence-electron chi connectivity index (χ1n) is 37.7. The van der Waals surface area contributed by atoms with E-state index in [-0.39, 0.29) is 76.3 Å². The van der Waals surface area contributed by atoms with E-state index in [1.165, 1.54) is 49.4 Å². The third-order valence-corrected chi connectivity index (χ3v) is 19.3. The number of cyclic esters (lactones) is 1. The van der Waals surface area contributed by atoms with E-state index in [1.807, 2.05) is 0 Å². The van der Waals surface area contributed by atoms with Crippen molar-refractivity contribution >= 4 is 95.6 Å². The lowest BCUT2D eigenvalue weighted by Crippen LogP contribution is -2.64. The maximum Gasteiger partial charge on any atom is 0.328 e. The molecular formula is C72H120ClN15O22. The van der Waals surface area contributed by atoms with Gasteiger partial charge in [-0.15, -0.1) is 12.4 Å². The highest BCUT2D eigenvalue weighted by atomic mass is 35.5. The fourth-order valence-electron chi connectivity index (χ4n) is 13.0. The number of aromatic hydroxyl groups is 1. The highest BCUT2D eigenvalue weighted by Crippen LogP contribution is 2.25. The second kappa shape index (κ2) is 48.4. The van der Waals surface area contributed by atoms with E-state index in [9.17, 15) is 103 Å². The number of hydrogen-bond acceptors (Lipinski definition) is 24. The highest BCUT2D eigenvalue weighted by Gasteiger charge is 2.48. The molecule has 0 spiro atoms. The smallest absolute Gasteiger partial charge is 0.328 e. The Kier molecular flexibility index (Phi) is 42.1. The predicted octanol–water partition coefficient (Wildman–Crippen LogP) is -4.55. The van der Waals surface area contributed by atoms with Gasteiger partial charge in [0.15, 0.2) is 0 Å². The molecule has 1 aromatic rings. The van der Waals surface area contributed by atoms with Gasteiger partial charge >= 0.3 is 5.97 Å². The monoisotopic (exact) mass is 1580 g/mol. The molecule has 110 heavy (non-hydrogen) atoms. The molecule has 3 aliphatic rings. The first kappa shape index (κ1) is 95.8. The zero-order chi connectivity index (χ0) is 81.4. The van der Waals surface area contributed by atoms with Crippen LogP contribution >= 0.6 is 12.4 Å². The highest BCUT2D eigenvalue weighted by molar-refractivity contribution is 5.99. The number of esters is 1. The standard InChI is InChI=1S/C72H119N15O22.ClH/c1-9-10-11-12-13-14-15-16-17-18-19-21-47-32-55(97)81-57(40(5)88)67(103)77-39(4)63(99)79-49(30-44-23-25-45(92)26-24-44)64(100)80-50(38(2)3)36-86-35-46(93)31-51(86)65(101)83-59(42(7)90)69(105)84-60(43(8)91)71(107)87-29-27-52(94)62(87)70(106)85-61(53(95)33-54(74)96)66(102)76-34-56(98)82-58(41(6)89)68(104)78-48(72(108)109-47)22-20-28-75-37-73;/h23-26,37-43,46-53,57-62,88-95H,9-22,27-36H2,1-8H3,(H2,73,75)(H2,74,96)(H,76,102)(H,77,103)(H,78,104)(H,79,99)(H,80,100)(H,81,97)(H,82,98)(H,83,101)(H,84,105)(H,85,106);1H/t39-,40?,41+,42?,43?,46-,47+,48?,49-,50+,51?,52-,53+,57-,58+,59-,60-,61-,62-;/m0./s1. The number of primary amides is 1. The topological polar surface area (TPSA) is 584 Å². The summed E-state index contributed by atoms with van der Waals surface area (Å²) in [6.45, 7) is 9.58. The van der Waals surface area contributed by atoms with Gasteiger partial charge in [0.05, 0.1) is 74.5 Å². The summed E-state index contributed by atoms with van der Waals surface area (Å²) >= 11 is 0. The lowest BCUT2D eigenvalue weighted by Gasteiger charge is -2.34. The number of aliphatic hydroxyl groups excluding tert-OH is 7. The Morgan fingerprint density at radius 2 is 1.13 bits per heavy atom. The minimum absolute atomic E-state index is 0. The normalized spacial score (nSPS) is 27.9. The van der Waals surface area contributed by atoms with Gasteiger partial charge in [-0.2, -0.15) is 0 Å². The number of nitrogens with zero attached hydrogens (tertiary/aromatic N) is 3. The molecule has 38 heteroatoms. The molecule has 19 atom stereocenters. The van der Waals surface area contributed by atoms with Gasteiger partial charge < -0.3 is 115 Å². The number of phenols is 1. The number of carbonyl (C=O) groups is 13. The summed E-state index contributed by atoms with van der Waals surface area (Å²) in [7, 11) is 0. The zero-order valence-electron chi connectivity index (χ0n) is 64.1. The summed E-state index contributed by atoms with van der Waals surface area (Å²) in [4.78, 5) is 189. The largest absolute Gasteiger partial charge is 0.508 e. The Hall–Kier alpha value is -8.43. The number of hydrogen-bond donors (Lipinski definition) is 20. The lowest BCUT2D eigenvalue weighted by atomic mass is 10.00. The van der Waals surface area contributed by atoms with Crippen LogP contribution in [0.1, 0.15) is 177 Å². The van der Waals surface area contributed by atoms with E-state index >= 15 is 0 Å². The zero-order valence-corrected chi connectivity index (χ0v) is 64.9. The Bertz CT molecular complexity index is 3210. The third-order valence-electron chi connectivity index (χ3n) is 19.3. The number of nitrogens with one attached hydrogen (secondary N) is 10. The number of carbonyl (C=O) groups excluding carboxylic acids is 13. The molecule has 12 amide bonds. The average molecular weight is 1580 g/mol. The lowest BCUT2D eigenvalue weighted by molar-refractivity contribution is -0.155. The van der Waals surface area contributed by atoms with Gasteiger partial charge in [-0.25, -0.2) is 4.79 Å². The fraction of sp³-hybridized carbons (Fsp3) is 0.722. The molecule has 0 aliphatic carbocycles. The summed E-state index contributed by atoms with van der Waals surface area (Å²) in [6.07, 6.45) is -4.10. The fourth-order valence-corrected chi connectivity index (χ4v) is 13.0. The van der Waals surface area contributed by atoms with Gasteiger partial charge in [0.2, 0.25) is 70.9 Å². The van der Waals surface area contributed by atoms with Crippen LogP contribution in [0.4, 0.5) is 0 Å². The van der Waals surface area contributed by atoms with Crippen LogP contribution in [0.25, 0.3) is 0 Å². The molecule has 3 fully saturated rings. The molecule has 3 aliphatic heterocycles. The number of rotatable bonds is 26. The van der Waals surface area contributed by atoms with E-state index in [1.54, 1.807) is 13.8 Å². The number of unbranched alkanes of at least 4 members (excludes halogenated alkanes) is 10. The number of benzene rings is 1. The minimum atomic E-state index is -2.20. The first-order valence-corrected chi connectivity index (χ1v) is 37.7. The second-order valence-corrected chi connectivity index (χ2v) is 29.0. The predicted molar refractivity (Wildman–Crippen MR) is 401 cm³/mol. The van der Waals surface area contributed by atoms with E-state index in [4.69, 9.17) is 16.2 Å². The molecular weight excluding hydrogens is 1460 g/mol. The maximum absolute atomic E-state index is 14.6. The van der Waals surface area contributed by atoms with Gasteiger partial charge in [-0.1, -0.05) is 97.1 Å². The van der Waals surface area contributed by atoms with Crippen molar-refractivity contribution in [3.05, 3.63) is 29.8 Å². The summed E-state index contributed by atoms with van der Waals surface area (Å²) in [5.41, 5.74) is 11.3. The SMILES string of the molecule is CCCCCCCCCCCCC[C@@H]1CC(=O)N[C@@H](C(C)O)C(=O)N[C@@H](C)C(=O)N[C@@H](Cc2ccc(O)cc2)C(=O)N[C@@H](C(C)C)CN2C[C@@H](O)CC2C(=O)N[C@@H](C(C)O)C(=O)N[C@@H](C(C)O)C(=O)N2CC[C@H](O)[C@H]2C(=O)N[C@@H]([C@H](O)CC(N)=O)C(=O)NCC(=O)N[C@H]([C@@H](C)O)C(=O)NC(CCCN=CN)C(=O)O1.Cl. The molecule has 22 N–H and O–H groups in total. The molecule has 1 aromatic carbocycles. The van der Waals surface area contributed by atoms with E-state index in [0.717, 1.165) is 83.4 Å².